The second-order valence-corrected chi connectivity index (χ2v) is 7.58. The van der Waals surface area contributed by atoms with E-state index in [1.165, 1.54) is 6.07 Å². The van der Waals surface area contributed by atoms with Crippen molar-refractivity contribution in [3.05, 3.63) is 28.2 Å². The summed E-state index contributed by atoms with van der Waals surface area (Å²) in [6.45, 7) is 1.78. The number of ether oxygens (including phenoxy) is 1. The molecule has 6 nitrogen and oxygen atoms in total. The molecule has 0 radical (unpaired) electrons. The van der Waals surface area contributed by atoms with Crippen molar-refractivity contribution in [3.63, 3.8) is 0 Å². The van der Waals surface area contributed by atoms with Crippen molar-refractivity contribution in [3.8, 4) is 0 Å². The number of carbonyl (C=O) groups is 1. The Labute approximate surface area is 131 Å². The molecule has 1 saturated heterocycles. The highest BCUT2D eigenvalue weighted by Gasteiger charge is 2.31. The van der Waals surface area contributed by atoms with Crippen LogP contribution in [-0.2, 0) is 19.6 Å². The second kappa shape index (κ2) is 6.43. The fraction of sp³-hybridized carbons (Fsp3) is 0.462. The van der Waals surface area contributed by atoms with E-state index in [0.717, 1.165) is 0 Å². The average molecular weight is 378 g/mol. The first kappa shape index (κ1) is 16.4. The van der Waals surface area contributed by atoms with E-state index in [1.807, 2.05) is 0 Å². The molecule has 1 heterocycles. The average Bonchev–Trinajstić information content (AvgIpc) is 2.88. The molecule has 1 aromatic rings. The summed E-state index contributed by atoms with van der Waals surface area (Å²) in [5.41, 5.74) is 0.640. The van der Waals surface area contributed by atoms with Gasteiger partial charge in [0.1, 0.15) is 0 Å². The Kier molecular flexibility index (Phi) is 5.03. The van der Waals surface area contributed by atoms with Crippen LogP contribution in [0.3, 0.4) is 0 Å². The molecule has 1 aliphatic rings. The Morgan fingerprint density at radius 3 is 2.81 bits per heavy atom. The molecule has 2 rings (SSSR count). The van der Waals surface area contributed by atoms with E-state index >= 15 is 0 Å². The number of hydrogen-bond donors (Lipinski definition) is 2. The van der Waals surface area contributed by atoms with Crippen LogP contribution in [0.2, 0.25) is 0 Å². The van der Waals surface area contributed by atoms with E-state index in [1.54, 1.807) is 19.1 Å². The number of carboxylic acids is 1. The Morgan fingerprint density at radius 2 is 2.19 bits per heavy atom. The van der Waals surface area contributed by atoms with E-state index in [-0.39, 0.29) is 11.4 Å². The van der Waals surface area contributed by atoms with Gasteiger partial charge in [0.15, 0.2) is 6.10 Å². The first-order chi connectivity index (χ1) is 9.79. The van der Waals surface area contributed by atoms with Gasteiger partial charge in [-0.25, -0.2) is 17.9 Å². The molecule has 1 aromatic carbocycles. The Balaban J connectivity index is 2.02. The zero-order valence-corrected chi connectivity index (χ0v) is 13.8. The lowest BCUT2D eigenvalue weighted by Gasteiger charge is -2.14. The highest BCUT2D eigenvalue weighted by molar-refractivity contribution is 9.10. The van der Waals surface area contributed by atoms with Crippen LogP contribution < -0.4 is 4.72 Å². The number of aryl methyl sites for hydroxylation is 1. The molecule has 0 aliphatic carbocycles. The minimum atomic E-state index is -3.65. The van der Waals surface area contributed by atoms with E-state index < -0.39 is 28.2 Å². The van der Waals surface area contributed by atoms with Gasteiger partial charge in [-0.1, -0.05) is 22.0 Å². The summed E-state index contributed by atoms with van der Waals surface area (Å²) in [5.74, 6) is -1.01. The monoisotopic (exact) mass is 377 g/mol. The fourth-order valence-electron chi connectivity index (χ4n) is 2.18. The third-order valence-electron chi connectivity index (χ3n) is 3.32. The Bertz CT molecular complexity index is 646. The van der Waals surface area contributed by atoms with Gasteiger partial charge in [-0.3, -0.25) is 0 Å². The third kappa shape index (κ3) is 4.03. The lowest BCUT2D eigenvalue weighted by Crippen LogP contribution is -2.33. The molecule has 1 aliphatic heterocycles. The van der Waals surface area contributed by atoms with Crippen LogP contribution in [0.15, 0.2) is 27.6 Å². The number of halogens is 1. The van der Waals surface area contributed by atoms with Crippen molar-refractivity contribution in [1.82, 2.24) is 4.72 Å². The molecule has 0 bridgehead atoms. The van der Waals surface area contributed by atoms with E-state index in [9.17, 15) is 13.2 Å². The predicted molar refractivity (Wildman–Crippen MR) is 79.6 cm³/mol. The number of benzene rings is 1. The van der Waals surface area contributed by atoms with Crippen LogP contribution in [0.5, 0.6) is 0 Å². The maximum Gasteiger partial charge on any atom is 0.332 e. The van der Waals surface area contributed by atoms with Crippen LogP contribution in [0, 0.1) is 6.92 Å². The standard InChI is InChI=1S/C13H16BrNO5S/c1-8-2-3-9(14)6-12(8)21(18,19)15-7-10-4-5-11(20-10)13(16)17/h2-3,6,10-11,15H,4-5,7H2,1H3,(H,16,17). The van der Waals surface area contributed by atoms with Crippen LogP contribution >= 0.6 is 15.9 Å². The minimum Gasteiger partial charge on any atom is -0.479 e. The predicted octanol–water partition coefficient (Wildman–Crippen LogP) is 1.67. The number of aliphatic carboxylic acids is 1. The van der Waals surface area contributed by atoms with Crippen LogP contribution in [0.25, 0.3) is 0 Å². The quantitative estimate of drug-likeness (QED) is 0.813. The molecule has 2 unspecified atom stereocenters. The molecule has 2 atom stereocenters. The molecule has 0 spiro atoms. The molecular weight excluding hydrogens is 362 g/mol. The lowest BCUT2D eigenvalue weighted by atomic mass is 10.2. The van der Waals surface area contributed by atoms with Gasteiger partial charge < -0.3 is 9.84 Å². The van der Waals surface area contributed by atoms with Gasteiger partial charge in [0.25, 0.3) is 0 Å². The summed E-state index contributed by atoms with van der Waals surface area (Å²) in [4.78, 5) is 11.0. The highest BCUT2D eigenvalue weighted by Crippen LogP contribution is 2.22. The summed E-state index contributed by atoms with van der Waals surface area (Å²) in [6.07, 6.45) is -0.324. The van der Waals surface area contributed by atoms with Gasteiger partial charge in [0.2, 0.25) is 10.0 Å². The molecule has 0 aromatic heterocycles. The number of nitrogens with one attached hydrogen (secondary N) is 1. The summed E-state index contributed by atoms with van der Waals surface area (Å²) >= 11 is 3.25. The summed E-state index contributed by atoms with van der Waals surface area (Å²) < 4.78 is 33.0. The first-order valence-electron chi connectivity index (χ1n) is 6.43. The van der Waals surface area contributed by atoms with Crippen molar-refractivity contribution in [2.24, 2.45) is 0 Å². The Morgan fingerprint density at radius 1 is 1.48 bits per heavy atom. The zero-order valence-electron chi connectivity index (χ0n) is 11.4. The normalized spacial score (nSPS) is 22.4. The highest BCUT2D eigenvalue weighted by atomic mass is 79.9. The summed E-state index contributed by atoms with van der Waals surface area (Å²) in [7, 11) is -3.65. The molecular formula is C13H16BrNO5S. The molecule has 21 heavy (non-hydrogen) atoms. The van der Waals surface area contributed by atoms with Gasteiger partial charge in [0.05, 0.1) is 11.0 Å². The fourth-order valence-corrected chi connectivity index (χ4v) is 4.03. The molecule has 8 heteroatoms. The zero-order chi connectivity index (χ0) is 15.6. The molecule has 0 saturated carbocycles. The molecule has 1 fully saturated rings. The number of sulfonamides is 1. The van der Waals surface area contributed by atoms with Gasteiger partial charge in [-0.2, -0.15) is 0 Å². The van der Waals surface area contributed by atoms with E-state index in [0.29, 0.717) is 22.9 Å². The lowest BCUT2D eigenvalue weighted by molar-refractivity contribution is -0.149. The number of hydrogen-bond acceptors (Lipinski definition) is 4. The van der Waals surface area contributed by atoms with Gasteiger partial charge in [-0.15, -0.1) is 0 Å². The number of rotatable bonds is 5. The SMILES string of the molecule is Cc1ccc(Br)cc1S(=O)(=O)NCC1CCC(C(=O)O)O1. The van der Waals surface area contributed by atoms with Gasteiger partial charge in [-0.05, 0) is 37.5 Å². The van der Waals surface area contributed by atoms with Crippen molar-refractivity contribution in [2.45, 2.75) is 36.9 Å². The van der Waals surface area contributed by atoms with E-state index in [2.05, 4.69) is 20.7 Å². The van der Waals surface area contributed by atoms with Crippen molar-refractivity contribution in [2.75, 3.05) is 6.54 Å². The largest absolute Gasteiger partial charge is 0.479 e. The summed E-state index contributed by atoms with van der Waals surface area (Å²) in [5, 5.41) is 8.84. The Hall–Kier alpha value is -0.960. The molecule has 116 valence electrons. The number of carboxylic acid groups (broad SMARTS) is 1. The van der Waals surface area contributed by atoms with E-state index in [4.69, 9.17) is 9.84 Å². The molecule has 2 N–H and O–H groups in total. The maximum absolute atomic E-state index is 12.3. The smallest absolute Gasteiger partial charge is 0.332 e. The van der Waals surface area contributed by atoms with Crippen LogP contribution in [0.4, 0.5) is 0 Å². The van der Waals surface area contributed by atoms with Crippen LogP contribution in [-0.4, -0.2) is 38.2 Å². The third-order valence-corrected chi connectivity index (χ3v) is 5.38. The maximum atomic E-state index is 12.3. The van der Waals surface area contributed by atoms with Crippen molar-refractivity contribution >= 4 is 31.9 Å². The van der Waals surface area contributed by atoms with Crippen molar-refractivity contribution in [1.29, 1.82) is 0 Å². The van der Waals surface area contributed by atoms with Crippen molar-refractivity contribution < 1.29 is 23.1 Å². The summed E-state index contributed by atoms with van der Waals surface area (Å²) in [6, 6.07) is 5.02. The first-order valence-corrected chi connectivity index (χ1v) is 8.71. The minimum absolute atomic E-state index is 0.0675. The van der Waals surface area contributed by atoms with Gasteiger partial charge >= 0.3 is 5.97 Å². The van der Waals surface area contributed by atoms with Crippen LogP contribution in [0.1, 0.15) is 18.4 Å². The molecule has 0 amide bonds. The second-order valence-electron chi connectivity index (χ2n) is 4.92. The van der Waals surface area contributed by atoms with Gasteiger partial charge in [0, 0.05) is 11.0 Å². The topological polar surface area (TPSA) is 92.7 Å².